The summed E-state index contributed by atoms with van der Waals surface area (Å²) in [4.78, 5) is 14.5. The van der Waals surface area contributed by atoms with Gasteiger partial charge >= 0.3 is 0 Å². The van der Waals surface area contributed by atoms with Gasteiger partial charge in [-0.25, -0.2) is 0 Å². The number of hydrogen-bond donors (Lipinski definition) is 0. The van der Waals surface area contributed by atoms with Crippen molar-refractivity contribution in [1.29, 1.82) is 0 Å². The highest BCUT2D eigenvalue weighted by Gasteiger charge is 2.21. The molecule has 3 nitrogen and oxygen atoms in total. The molecule has 0 aliphatic carbocycles. The SMILES string of the molecule is CCN1CCC(CN(C)C=O)C1. The summed E-state index contributed by atoms with van der Waals surface area (Å²) in [7, 11) is 1.85. The maximum absolute atomic E-state index is 10.4. The molecule has 0 aromatic heterocycles. The molecule has 1 unspecified atom stereocenters. The van der Waals surface area contributed by atoms with Crippen LogP contribution >= 0.6 is 0 Å². The number of rotatable bonds is 4. The lowest BCUT2D eigenvalue weighted by Gasteiger charge is -2.17. The van der Waals surface area contributed by atoms with E-state index in [1.54, 1.807) is 4.90 Å². The van der Waals surface area contributed by atoms with Gasteiger partial charge in [-0.1, -0.05) is 6.92 Å². The van der Waals surface area contributed by atoms with E-state index in [2.05, 4.69) is 11.8 Å². The quantitative estimate of drug-likeness (QED) is 0.571. The Morgan fingerprint density at radius 2 is 2.42 bits per heavy atom. The van der Waals surface area contributed by atoms with Gasteiger partial charge in [-0.05, 0) is 25.4 Å². The Balaban J connectivity index is 2.23. The van der Waals surface area contributed by atoms with Crippen LogP contribution in [0.2, 0.25) is 0 Å². The highest BCUT2D eigenvalue weighted by atomic mass is 16.1. The van der Waals surface area contributed by atoms with Gasteiger partial charge in [-0.15, -0.1) is 0 Å². The van der Waals surface area contributed by atoms with Crippen molar-refractivity contribution in [1.82, 2.24) is 9.80 Å². The number of nitrogens with zero attached hydrogens (tertiary/aromatic N) is 2. The lowest BCUT2D eigenvalue weighted by molar-refractivity contribution is -0.117. The molecule has 1 heterocycles. The van der Waals surface area contributed by atoms with Crippen molar-refractivity contribution in [2.45, 2.75) is 13.3 Å². The van der Waals surface area contributed by atoms with Crippen LogP contribution in [0.1, 0.15) is 13.3 Å². The Hall–Kier alpha value is -0.570. The van der Waals surface area contributed by atoms with Gasteiger partial charge in [-0.2, -0.15) is 0 Å². The van der Waals surface area contributed by atoms with Crippen molar-refractivity contribution in [3.05, 3.63) is 0 Å². The third-order valence-electron chi connectivity index (χ3n) is 2.54. The molecule has 0 N–H and O–H groups in total. The van der Waals surface area contributed by atoms with Gasteiger partial charge in [0.25, 0.3) is 0 Å². The molecule has 1 atom stereocenters. The highest BCUT2D eigenvalue weighted by molar-refractivity contribution is 5.46. The predicted molar refractivity (Wildman–Crippen MR) is 48.9 cm³/mol. The molecule has 12 heavy (non-hydrogen) atoms. The molecule has 0 radical (unpaired) electrons. The van der Waals surface area contributed by atoms with Gasteiger partial charge in [0, 0.05) is 20.1 Å². The smallest absolute Gasteiger partial charge is 0.209 e. The Bertz CT molecular complexity index is 149. The van der Waals surface area contributed by atoms with Crippen molar-refractivity contribution >= 4 is 6.41 Å². The van der Waals surface area contributed by atoms with E-state index < -0.39 is 0 Å². The van der Waals surface area contributed by atoms with Gasteiger partial charge in [0.15, 0.2) is 0 Å². The molecule has 3 heteroatoms. The molecule has 0 aromatic carbocycles. The molecular weight excluding hydrogens is 152 g/mol. The number of hydrogen-bond acceptors (Lipinski definition) is 2. The minimum absolute atomic E-state index is 0.695. The Labute approximate surface area is 74.3 Å². The van der Waals surface area contributed by atoms with Crippen LogP contribution in [0.4, 0.5) is 0 Å². The van der Waals surface area contributed by atoms with E-state index in [4.69, 9.17) is 0 Å². The van der Waals surface area contributed by atoms with E-state index in [-0.39, 0.29) is 0 Å². The standard InChI is InChI=1S/C9H18N2O/c1-3-11-5-4-9(7-11)6-10(2)8-12/h8-9H,3-7H2,1-2H3. The lowest BCUT2D eigenvalue weighted by Crippen LogP contribution is -2.27. The first-order valence-corrected chi connectivity index (χ1v) is 4.64. The van der Waals surface area contributed by atoms with E-state index >= 15 is 0 Å². The summed E-state index contributed by atoms with van der Waals surface area (Å²) in [5.41, 5.74) is 0. The van der Waals surface area contributed by atoms with Crippen molar-refractivity contribution in [3.63, 3.8) is 0 Å². The number of amides is 1. The monoisotopic (exact) mass is 170 g/mol. The average Bonchev–Trinajstić information content (AvgIpc) is 2.52. The Kier molecular flexibility index (Phi) is 3.53. The zero-order valence-electron chi connectivity index (χ0n) is 7.99. The highest BCUT2D eigenvalue weighted by Crippen LogP contribution is 2.15. The second-order valence-corrected chi connectivity index (χ2v) is 3.59. The average molecular weight is 170 g/mol. The Morgan fingerprint density at radius 1 is 1.67 bits per heavy atom. The van der Waals surface area contributed by atoms with E-state index in [9.17, 15) is 4.79 Å². The van der Waals surface area contributed by atoms with Gasteiger partial charge in [0.05, 0.1) is 0 Å². The van der Waals surface area contributed by atoms with Crippen LogP contribution < -0.4 is 0 Å². The number of carbonyl (C=O) groups is 1. The summed E-state index contributed by atoms with van der Waals surface area (Å²) in [6, 6.07) is 0. The summed E-state index contributed by atoms with van der Waals surface area (Å²) in [6.45, 7) is 6.61. The van der Waals surface area contributed by atoms with Crippen molar-refractivity contribution in [2.24, 2.45) is 5.92 Å². The van der Waals surface area contributed by atoms with Crippen LogP contribution in [0.15, 0.2) is 0 Å². The number of carbonyl (C=O) groups excluding carboxylic acids is 1. The van der Waals surface area contributed by atoms with Gasteiger partial charge in [-0.3, -0.25) is 4.79 Å². The fourth-order valence-electron chi connectivity index (χ4n) is 1.80. The summed E-state index contributed by atoms with van der Waals surface area (Å²) in [5, 5.41) is 0. The van der Waals surface area contributed by atoms with Gasteiger partial charge in [0.1, 0.15) is 0 Å². The second kappa shape index (κ2) is 4.45. The molecular formula is C9H18N2O. The minimum Gasteiger partial charge on any atom is -0.348 e. The van der Waals surface area contributed by atoms with Crippen molar-refractivity contribution in [2.75, 3.05) is 33.2 Å². The van der Waals surface area contributed by atoms with Crippen LogP contribution in [0.5, 0.6) is 0 Å². The topological polar surface area (TPSA) is 23.6 Å². The lowest BCUT2D eigenvalue weighted by atomic mass is 10.1. The van der Waals surface area contributed by atoms with E-state index in [1.165, 1.54) is 13.0 Å². The van der Waals surface area contributed by atoms with E-state index in [0.717, 1.165) is 26.0 Å². The van der Waals surface area contributed by atoms with Gasteiger partial charge < -0.3 is 9.80 Å². The van der Waals surface area contributed by atoms with Gasteiger partial charge in [0.2, 0.25) is 6.41 Å². The maximum atomic E-state index is 10.4. The van der Waals surface area contributed by atoms with E-state index in [0.29, 0.717) is 5.92 Å². The molecule has 0 aromatic rings. The molecule has 1 saturated heterocycles. The summed E-state index contributed by atoms with van der Waals surface area (Å²) in [6.07, 6.45) is 2.15. The van der Waals surface area contributed by atoms with Crippen molar-refractivity contribution in [3.8, 4) is 0 Å². The fraction of sp³-hybridized carbons (Fsp3) is 0.889. The van der Waals surface area contributed by atoms with Crippen LogP contribution in [0.25, 0.3) is 0 Å². The Morgan fingerprint density at radius 3 is 2.92 bits per heavy atom. The molecule has 1 aliphatic rings. The minimum atomic E-state index is 0.695. The molecule has 1 amide bonds. The molecule has 1 aliphatic heterocycles. The predicted octanol–water partition coefficient (Wildman–Crippen LogP) is 0.416. The molecule has 70 valence electrons. The molecule has 0 spiro atoms. The second-order valence-electron chi connectivity index (χ2n) is 3.59. The van der Waals surface area contributed by atoms with E-state index in [1.807, 2.05) is 7.05 Å². The first kappa shape index (κ1) is 9.52. The fourth-order valence-corrected chi connectivity index (χ4v) is 1.80. The van der Waals surface area contributed by atoms with Crippen LogP contribution in [-0.4, -0.2) is 49.4 Å². The molecule has 0 saturated carbocycles. The zero-order valence-corrected chi connectivity index (χ0v) is 7.99. The van der Waals surface area contributed by atoms with Crippen LogP contribution in [0, 0.1) is 5.92 Å². The molecule has 0 bridgehead atoms. The third-order valence-corrected chi connectivity index (χ3v) is 2.54. The maximum Gasteiger partial charge on any atom is 0.209 e. The largest absolute Gasteiger partial charge is 0.348 e. The van der Waals surface area contributed by atoms with Crippen LogP contribution in [0.3, 0.4) is 0 Å². The van der Waals surface area contributed by atoms with Crippen LogP contribution in [-0.2, 0) is 4.79 Å². The normalized spacial score (nSPS) is 24.3. The third kappa shape index (κ3) is 2.48. The number of likely N-dealkylation sites (tertiary alicyclic amines) is 1. The van der Waals surface area contributed by atoms with Crippen molar-refractivity contribution < 1.29 is 4.79 Å². The summed E-state index contributed by atoms with van der Waals surface area (Å²) in [5.74, 6) is 0.695. The molecule has 1 rings (SSSR count). The summed E-state index contributed by atoms with van der Waals surface area (Å²) < 4.78 is 0. The zero-order chi connectivity index (χ0) is 8.97. The molecule has 1 fully saturated rings. The summed E-state index contributed by atoms with van der Waals surface area (Å²) >= 11 is 0. The first-order chi connectivity index (χ1) is 5.76. The first-order valence-electron chi connectivity index (χ1n) is 4.64.